The van der Waals surface area contributed by atoms with Crippen LogP contribution in [0.5, 0.6) is 17.2 Å². The van der Waals surface area contributed by atoms with Crippen LogP contribution < -0.4 is 0 Å². The van der Waals surface area contributed by atoms with Gasteiger partial charge in [-0.3, -0.25) is 0 Å². The fourth-order valence-corrected chi connectivity index (χ4v) is 5.78. The molecule has 9 aromatic rings. The van der Waals surface area contributed by atoms with E-state index < -0.39 is 78.3 Å². The molecule has 4 nitrogen and oxygen atoms in total. The van der Waals surface area contributed by atoms with E-state index in [0.717, 1.165) is 0 Å². The first-order valence-corrected chi connectivity index (χ1v) is 14.7. The molecule has 49 heavy (non-hydrogen) atoms. The van der Waals surface area contributed by atoms with Crippen molar-refractivity contribution in [2.45, 2.75) is 0 Å². The molecule has 9 rings (SSSR count). The molecule has 0 bridgehead atoms. The third-order valence-corrected chi connectivity index (χ3v) is 7.95. The van der Waals surface area contributed by atoms with Crippen molar-refractivity contribution in [1.82, 2.24) is 0 Å². The highest BCUT2D eigenvalue weighted by molar-refractivity contribution is 6.14. The van der Waals surface area contributed by atoms with Gasteiger partial charge in [0.05, 0.1) is 30.1 Å². The van der Waals surface area contributed by atoms with E-state index in [1.54, 1.807) is 30.3 Å². The van der Waals surface area contributed by atoms with Crippen molar-refractivity contribution in [1.29, 1.82) is 0 Å². The smallest absolute Gasteiger partial charge is 0.143 e. The summed E-state index contributed by atoms with van der Waals surface area (Å²) in [5, 5.41) is 31.1. The second-order valence-electron chi connectivity index (χ2n) is 10.8. The lowest BCUT2D eigenvalue weighted by Crippen LogP contribution is -1.91. The molecular weight excluding hydrogens is 611 g/mol. The highest BCUT2D eigenvalue weighted by Crippen LogP contribution is 2.43. The maximum Gasteiger partial charge on any atom is 0.143 e. The van der Waals surface area contributed by atoms with Crippen LogP contribution in [-0.4, -0.2) is 15.3 Å². The van der Waals surface area contributed by atoms with Crippen molar-refractivity contribution in [3.05, 3.63) is 163 Å². The van der Waals surface area contributed by atoms with Crippen molar-refractivity contribution in [3.63, 3.8) is 0 Å². The van der Waals surface area contributed by atoms with Crippen LogP contribution in [0.4, 0.5) is 4.39 Å². The zero-order valence-electron chi connectivity index (χ0n) is 39.1. The fourth-order valence-electron chi connectivity index (χ4n) is 5.78. The molecule has 236 valence electrons. The average molecular weight is 655 g/mol. The molecule has 8 aromatic carbocycles. The monoisotopic (exact) mass is 654 g/mol. The van der Waals surface area contributed by atoms with Crippen LogP contribution in [0.15, 0.2) is 162 Å². The van der Waals surface area contributed by atoms with Crippen molar-refractivity contribution in [2.24, 2.45) is 0 Å². The number of furan rings is 1. The quantitative estimate of drug-likeness (QED) is 0.177. The molecule has 0 saturated heterocycles. The van der Waals surface area contributed by atoms with E-state index in [0.29, 0.717) is 27.5 Å². The molecule has 0 fully saturated rings. The van der Waals surface area contributed by atoms with Crippen molar-refractivity contribution < 1.29 is 43.3 Å². The van der Waals surface area contributed by atoms with E-state index in [1.165, 1.54) is 42.5 Å². The van der Waals surface area contributed by atoms with Crippen molar-refractivity contribution in [3.8, 4) is 50.6 Å². The Kier molecular flexibility index (Phi) is 4.51. The Balaban J connectivity index is 0.000000173. The Hall–Kier alpha value is -6.59. The molecule has 0 unspecified atom stereocenters. The summed E-state index contributed by atoms with van der Waals surface area (Å²) >= 11 is 0. The minimum absolute atomic E-state index is 0.00539. The standard InChI is InChI=1S/C22H15FO2.C22H14O2/c23-22-17(16-9-3-7-14-6-1-2-8-15(14)16)10-4-11-18(22)21-19(24)12-5-13-20(21)25;23-19-12-5-13-20-21(19)18-11-4-10-17(22(18)24-20)16-9-3-7-14-6-1-2-8-15(14)16/h1-13,24-25H;1-13,23H/i2*1D,2D,3D,6D,7D,8D,9D. The molecule has 0 aliphatic heterocycles. The summed E-state index contributed by atoms with van der Waals surface area (Å²) in [6.45, 7) is 0. The van der Waals surface area contributed by atoms with E-state index in [9.17, 15) is 15.3 Å². The molecule has 3 N–H and O–H groups in total. The number of para-hydroxylation sites is 1. The van der Waals surface area contributed by atoms with Crippen LogP contribution in [0.3, 0.4) is 0 Å². The molecule has 1 aromatic heterocycles. The maximum absolute atomic E-state index is 15.8. The van der Waals surface area contributed by atoms with Gasteiger partial charge in [0, 0.05) is 22.1 Å². The van der Waals surface area contributed by atoms with Gasteiger partial charge in [-0.05, 0) is 56.9 Å². The number of fused-ring (bicyclic) bond motifs is 5. The minimum Gasteiger partial charge on any atom is -0.507 e. The lowest BCUT2D eigenvalue weighted by Gasteiger charge is -2.13. The fraction of sp³-hybridized carbons (Fsp3) is 0. The zero-order chi connectivity index (χ0) is 45.7. The van der Waals surface area contributed by atoms with Crippen molar-refractivity contribution >= 4 is 43.5 Å². The first-order valence-electron chi connectivity index (χ1n) is 21.7. The predicted molar refractivity (Wildman–Crippen MR) is 196 cm³/mol. The first-order chi connectivity index (χ1) is 29.8. The molecular formula is C44H29FO4. The summed E-state index contributed by atoms with van der Waals surface area (Å²) in [7, 11) is 0. The second kappa shape index (κ2) is 12.2. The lowest BCUT2D eigenvalue weighted by molar-refractivity contribution is 0.453. The predicted octanol–water partition coefficient (Wildman–Crippen LogP) is 11.8. The number of hydrogen-bond donors (Lipinski definition) is 3. The van der Waals surface area contributed by atoms with Gasteiger partial charge in [-0.1, -0.05) is 133 Å². The van der Waals surface area contributed by atoms with Gasteiger partial charge in [0.1, 0.15) is 34.2 Å². The Morgan fingerprint density at radius 3 is 1.67 bits per heavy atom. The highest BCUT2D eigenvalue weighted by atomic mass is 19.1. The summed E-state index contributed by atoms with van der Waals surface area (Å²) in [4.78, 5) is 0. The normalized spacial score (nSPS) is 15.2. The second-order valence-corrected chi connectivity index (χ2v) is 10.8. The van der Waals surface area contributed by atoms with E-state index in [1.807, 2.05) is 0 Å². The van der Waals surface area contributed by atoms with Gasteiger partial charge in [0.15, 0.2) is 0 Å². The third kappa shape index (κ3) is 5.18. The molecule has 0 atom stereocenters. The number of benzene rings is 8. The van der Waals surface area contributed by atoms with Crippen molar-refractivity contribution in [2.75, 3.05) is 0 Å². The van der Waals surface area contributed by atoms with E-state index in [2.05, 4.69) is 0 Å². The summed E-state index contributed by atoms with van der Waals surface area (Å²) < 4.78 is 137. The zero-order valence-corrected chi connectivity index (χ0v) is 25.1. The number of hydrogen-bond acceptors (Lipinski definition) is 4. The number of phenolic OH excluding ortho intramolecular Hbond substituents is 3. The van der Waals surface area contributed by atoms with Gasteiger partial charge >= 0.3 is 0 Å². The Bertz CT molecular complexity index is 3430. The summed E-state index contributed by atoms with van der Waals surface area (Å²) in [6, 6.07) is 10.7. The number of halogens is 1. The number of phenols is 3. The average Bonchev–Trinajstić information content (AvgIpc) is 3.66. The van der Waals surface area contributed by atoms with Crippen LogP contribution in [0.1, 0.15) is 19.2 Å². The van der Waals surface area contributed by atoms with Crippen LogP contribution in [0.25, 0.3) is 76.9 Å². The van der Waals surface area contributed by atoms with Crippen LogP contribution in [0, 0.1) is 5.82 Å². The Labute approximate surface area is 300 Å². The van der Waals surface area contributed by atoms with Gasteiger partial charge in [0.2, 0.25) is 0 Å². The molecule has 0 aliphatic carbocycles. The summed E-state index contributed by atoms with van der Waals surface area (Å²) in [5.41, 5.74) is 0.247. The van der Waals surface area contributed by atoms with Gasteiger partial charge in [-0.15, -0.1) is 0 Å². The Morgan fingerprint density at radius 1 is 0.469 bits per heavy atom. The maximum atomic E-state index is 15.8. The lowest BCUT2D eigenvalue weighted by atomic mass is 9.94. The van der Waals surface area contributed by atoms with Gasteiger partial charge < -0.3 is 19.7 Å². The minimum atomic E-state index is -0.969. The molecule has 0 amide bonds. The van der Waals surface area contributed by atoms with Crippen LogP contribution in [-0.2, 0) is 0 Å². The third-order valence-electron chi connectivity index (χ3n) is 7.95. The number of aromatic hydroxyl groups is 3. The Morgan fingerprint density at radius 2 is 0.980 bits per heavy atom. The molecule has 0 aliphatic rings. The first kappa shape index (κ1) is 18.1. The van der Waals surface area contributed by atoms with E-state index in [-0.39, 0.29) is 78.7 Å². The molecule has 1 heterocycles. The highest BCUT2D eigenvalue weighted by Gasteiger charge is 2.19. The largest absolute Gasteiger partial charge is 0.507 e. The SMILES string of the molecule is [2H]c1c([2H])c([2H])c2c(-c3cccc(-c4c(O)cccc4O)c3F)c([2H])c([2H])c([2H])c2c1[2H].[2H]c1c([2H])c([2H])c2c(-c3cccc4c3oc3cccc(O)c34)c([2H])c([2H])c([2H])c2c1[2H]. The topological polar surface area (TPSA) is 73.8 Å². The molecule has 0 spiro atoms. The van der Waals surface area contributed by atoms with E-state index >= 15 is 4.39 Å². The molecule has 5 heteroatoms. The van der Waals surface area contributed by atoms with Gasteiger partial charge in [-0.25, -0.2) is 4.39 Å². The van der Waals surface area contributed by atoms with Gasteiger partial charge in [-0.2, -0.15) is 0 Å². The molecule has 0 saturated carbocycles. The summed E-state index contributed by atoms with van der Waals surface area (Å²) in [5.74, 6) is -1.72. The summed E-state index contributed by atoms with van der Waals surface area (Å²) in [6.07, 6.45) is 0. The van der Waals surface area contributed by atoms with Gasteiger partial charge in [0.25, 0.3) is 0 Å². The number of rotatable bonds is 3. The molecule has 0 radical (unpaired) electrons. The van der Waals surface area contributed by atoms with E-state index in [4.69, 9.17) is 23.6 Å². The van der Waals surface area contributed by atoms with Crippen LogP contribution in [0.2, 0.25) is 0 Å². The van der Waals surface area contributed by atoms with Crippen LogP contribution >= 0.6 is 0 Å².